The van der Waals surface area contributed by atoms with Crippen LogP contribution in [-0.2, 0) is 24.2 Å². The molecule has 0 bridgehead atoms. The number of carbonyl (C=O) groups excluding carboxylic acids is 2. The monoisotopic (exact) mass is 434 g/mol. The van der Waals surface area contributed by atoms with Gasteiger partial charge < -0.3 is 9.64 Å². The van der Waals surface area contributed by atoms with Gasteiger partial charge in [0.15, 0.2) is 5.78 Å². The van der Waals surface area contributed by atoms with Gasteiger partial charge in [0.1, 0.15) is 5.60 Å². The number of nitrogens with zero attached hydrogens (tertiary/aromatic N) is 2. The van der Waals surface area contributed by atoms with Gasteiger partial charge in [-0.3, -0.25) is 9.69 Å². The van der Waals surface area contributed by atoms with E-state index in [1.54, 1.807) is 4.90 Å². The number of Topliss-reactive ketones (excluding diaryl/α,β-unsaturated/α-hetero) is 1. The van der Waals surface area contributed by atoms with Gasteiger partial charge in [0.25, 0.3) is 0 Å². The predicted octanol–water partition coefficient (Wildman–Crippen LogP) is 5.07. The second-order valence-corrected chi connectivity index (χ2v) is 10.1. The van der Waals surface area contributed by atoms with E-state index in [0.29, 0.717) is 13.1 Å². The van der Waals surface area contributed by atoms with Crippen LogP contribution in [0.3, 0.4) is 0 Å². The zero-order chi connectivity index (χ0) is 22.7. The van der Waals surface area contributed by atoms with Crippen molar-refractivity contribution in [2.45, 2.75) is 58.7 Å². The normalized spacial score (nSPS) is 19.3. The first-order valence-corrected chi connectivity index (χ1v) is 11.7. The first-order valence-electron chi connectivity index (χ1n) is 11.7. The number of piperidine rings is 1. The van der Waals surface area contributed by atoms with Crippen molar-refractivity contribution in [3.8, 4) is 0 Å². The van der Waals surface area contributed by atoms with Gasteiger partial charge in [-0.05, 0) is 62.8 Å². The number of ether oxygens (including phenoxy) is 1. The quantitative estimate of drug-likeness (QED) is 0.630. The first kappa shape index (κ1) is 22.5. The molecule has 1 fully saturated rings. The minimum Gasteiger partial charge on any atom is -0.444 e. The third kappa shape index (κ3) is 5.57. The summed E-state index contributed by atoms with van der Waals surface area (Å²) < 4.78 is 5.51. The highest BCUT2D eigenvalue weighted by atomic mass is 16.6. The Morgan fingerprint density at radius 2 is 1.81 bits per heavy atom. The Hall–Kier alpha value is -2.66. The van der Waals surface area contributed by atoms with Crippen LogP contribution in [0.2, 0.25) is 0 Å². The summed E-state index contributed by atoms with van der Waals surface area (Å²) in [6.07, 6.45) is 2.28. The van der Waals surface area contributed by atoms with Crippen LogP contribution in [0.1, 0.15) is 60.7 Å². The Kier molecular flexibility index (Phi) is 6.66. The maximum absolute atomic E-state index is 13.3. The van der Waals surface area contributed by atoms with Crippen LogP contribution in [0.15, 0.2) is 48.5 Å². The zero-order valence-corrected chi connectivity index (χ0v) is 19.5. The summed E-state index contributed by atoms with van der Waals surface area (Å²) in [6, 6.07) is 16.7. The lowest BCUT2D eigenvalue weighted by atomic mass is 9.88. The third-order valence-corrected chi connectivity index (χ3v) is 6.27. The van der Waals surface area contributed by atoms with Crippen LogP contribution in [-0.4, -0.2) is 46.9 Å². The molecule has 2 aromatic rings. The van der Waals surface area contributed by atoms with E-state index in [1.165, 1.54) is 16.7 Å². The van der Waals surface area contributed by atoms with Crippen molar-refractivity contribution in [1.82, 2.24) is 9.80 Å². The molecular weight excluding hydrogens is 400 g/mol. The SMILES string of the molecule is CC(C)(C)OC(=O)N1CCCC(C(=O)c2ccc3c(c2)CCN(Cc2ccccc2)C3)C1. The summed E-state index contributed by atoms with van der Waals surface area (Å²) in [5, 5.41) is 0. The van der Waals surface area contributed by atoms with Gasteiger partial charge in [-0.2, -0.15) is 0 Å². The second-order valence-electron chi connectivity index (χ2n) is 10.1. The number of hydrogen-bond donors (Lipinski definition) is 0. The van der Waals surface area contributed by atoms with Crippen LogP contribution in [0.5, 0.6) is 0 Å². The maximum atomic E-state index is 13.3. The minimum atomic E-state index is -0.527. The lowest BCUT2D eigenvalue weighted by molar-refractivity contribution is 0.0172. The van der Waals surface area contributed by atoms with Crippen molar-refractivity contribution in [3.05, 3.63) is 70.8 Å². The van der Waals surface area contributed by atoms with Crippen LogP contribution in [0.4, 0.5) is 4.79 Å². The zero-order valence-electron chi connectivity index (χ0n) is 19.5. The van der Waals surface area contributed by atoms with Crippen molar-refractivity contribution < 1.29 is 14.3 Å². The largest absolute Gasteiger partial charge is 0.444 e. The van der Waals surface area contributed by atoms with Crippen LogP contribution in [0, 0.1) is 5.92 Å². The van der Waals surface area contributed by atoms with Crippen molar-refractivity contribution in [2.75, 3.05) is 19.6 Å². The van der Waals surface area contributed by atoms with Crippen LogP contribution in [0.25, 0.3) is 0 Å². The number of likely N-dealkylation sites (tertiary alicyclic amines) is 1. The lowest BCUT2D eigenvalue weighted by Crippen LogP contribution is -2.44. The van der Waals surface area contributed by atoms with Crippen molar-refractivity contribution in [1.29, 1.82) is 0 Å². The fourth-order valence-electron chi connectivity index (χ4n) is 4.66. The second kappa shape index (κ2) is 9.45. The summed E-state index contributed by atoms with van der Waals surface area (Å²) in [7, 11) is 0. The fourth-order valence-corrected chi connectivity index (χ4v) is 4.66. The number of rotatable bonds is 4. The Morgan fingerprint density at radius 3 is 2.56 bits per heavy atom. The summed E-state index contributed by atoms with van der Waals surface area (Å²) >= 11 is 0. The highest BCUT2D eigenvalue weighted by molar-refractivity contribution is 5.98. The molecule has 5 heteroatoms. The molecule has 2 aliphatic heterocycles. The van der Waals surface area contributed by atoms with Crippen molar-refractivity contribution in [3.63, 3.8) is 0 Å². The molecule has 0 aromatic heterocycles. The summed E-state index contributed by atoms with van der Waals surface area (Å²) in [6.45, 7) is 9.55. The molecule has 0 saturated carbocycles. The van der Waals surface area contributed by atoms with E-state index in [9.17, 15) is 9.59 Å². The molecule has 4 rings (SSSR count). The number of benzene rings is 2. The van der Waals surface area contributed by atoms with Gasteiger partial charge in [-0.25, -0.2) is 4.79 Å². The summed E-state index contributed by atoms with van der Waals surface area (Å²) in [4.78, 5) is 29.9. The summed E-state index contributed by atoms with van der Waals surface area (Å²) in [5.74, 6) is -0.0136. The highest BCUT2D eigenvalue weighted by Gasteiger charge is 2.32. The van der Waals surface area contributed by atoms with E-state index in [1.807, 2.05) is 32.9 Å². The number of amides is 1. The van der Waals surface area contributed by atoms with Crippen LogP contribution < -0.4 is 0 Å². The molecule has 2 aromatic carbocycles. The molecule has 0 aliphatic carbocycles. The molecule has 170 valence electrons. The Labute approximate surface area is 191 Å². The third-order valence-electron chi connectivity index (χ3n) is 6.27. The highest BCUT2D eigenvalue weighted by Crippen LogP contribution is 2.26. The average molecular weight is 435 g/mol. The lowest BCUT2D eigenvalue weighted by Gasteiger charge is -2.33. The van der Waals surface area contributed by atoms with E-state index in [0.717, 1.165) is 44.5 Å². The van der Waals surface area contributed by atoms with E-state index in [2.05, 4.69) is 41.3 Å². The molecule has 0 spiro atoms. The molecule has 5 nitrogen and oxygen atoms in total. The van der Waals surface area contributed by atoms with Gasteiger partial charge >= 0.3 is 6.09 Å². The van der Waals surface area contributed by atoms with Crippen molar-refractivity contribution >= 4 is 11.9 Å². The Morgan fingerprint density at radius 1 is 1.03 bits per heavy atom. The van der Waals surface area contributed by atoms with Gasteiger partial charge in [0.2, 0.25) is 0 Å². The number of ketones is 1. The standard InChI is InChI=1S/C27H34N2O3/c1-27(2,3)32-26(31)29-14-7-10-24(19-29)25(30)22-11-12-23-18-28(15-13-21(23)16-22)17-20-8-5-4-6-9-20/h4-6,8-9,11-12,16,24H,7,10,13-15,17-19H2,1-3H3. The summed E-state index contributed by atoms with van der Waals surface area (Å²) in [5.41, 5.74) is 4.16. The molecule has 0 radical (unpaired) electrons. The molecular formula is C27H34N2O3. The van der Waals surface area contributed by atoms with Crippen molar-refractivity contribution in [2.24, 2.45) is 5.92 Å². The van der Waals surface area contributed by atoms with Gasteiger partial charge in [0, 0.05) is 44.2 Å². The predicted molar refractivity (Wildman–Crippen MR) is 126 cm³/mol. The van der Waals surface area contributed by atoms with E-state index in [-0.39, 0.29) is 17.8 Å². The maximum Gasteiger partial charge on any atom is 0.410 e. The first-order chi connectivity index (χ1) is 15.3. The van der Waals surface area contributed by atoms with Gasteiger partial charge in [-0.1, -0.05) is 42.5 Å². The number of fused-ring (bicyclic) bond motifs is 1. The molecule has 1 amide bonds. The van der Waals surface area contributed by atoms with Crippen LogP contribution >= 0.6 is 0 Å². The number of carbonyl (C=O) groups is 2. The molecule has 2 heterocycles. The van der Waals surface area contributed by atoms with Gasteiger partial charge in [0.05, 0.1) is 0 Å². The molecule has 0 N–H and O–H groups in total. The minimum absolute atomic E-state index is 0.146. The fraction of sp³-hybridized carbons (Fsp3) is 0.481. The molecule has 1 unspecified atom stereocenters. The van der Waals surface area contributed by atoms with E-state index in [4.69, 9.17) is 4.74 Å². The molecule has 32 heavy (non-hydrogen) atoms. The molecule has 1 atom stereocenters. The Balaban J connectivity index is 1.39. The van der Waals surface area contributed by atoms with Gasteiger partial charge in [-0.15, -0.1) is 0 Å². The Bertz CT molecular complexity index is 965. The number of hydrogen-bond acceptors (Lipinski definition) is 4. The average Bonchev–Trinajstić information content (AvgIpc) is 2.78. The van der Waals surface area contributed by atoms with E-state index >= 15 is 0 Å². The topological polar surface area (TPSA) is 49.9 Å². The van der Waals surface area contributed by atoms with E-state index < -0.39 is 5.60 Å². The smallest absolute Gasteiger partial charge is 0.410 e. The molecule has 2 aliphatic rings. The molecule has 1 saturated heterocycles.